The smallest absolute Gasteiger partial charge is 0.00199 e. The van der Waals surface area contributed by atoms with Crippen LogP contribution in [-0.4, -0.2) is 0 Å². The Morgan fingerprint density at radius 1 is 0.245 bits per heavy atom. The third-order valence-corrected chi connectivity index (χ3v) is 11.0. The monoisotopic (exact) mass is 672 g/mol. The molecule has 0 atom stereocenters. The van der Waals surface area contributed by atoms with Crippen molar-refractivity contribution >= 4 is 43.1 Å². The predicted molar refractivity (Wildman–Crippen MR) is 228 cm³/mol. The molecule has 0 nitrogen and oxygen atoms in total. The first-order chi connectivity index (χ1) is 26.2. The molecule has 0 fully saturated rings. The Kier molecular flexibility index (Phi) is 7.48. The van der Waals surface area contributed by atoms with Crippen LogP contribution < -0.4 is 0 Å². The summed E-state index contributed by atoms with van der Waals surface area (Å²) in [6.07, 6.45) is 0. The molecule has 0 heterocycles. The van der Waals surface area contributed by atoms with Crippen LogP contribution in [0.4, 0.5) is 0 Å². The average Bonchev–Trinajstić information content (AvgIpc) is 3.23. The van der Waals surface area contributed by atoms with Gasteiger partial charge in [0.15, 0.2) is 0 Å². The first-order valence-electron chi connectivity index (χ1n) is 18.4. The Balaban J connectivity index is 1.37. The average molecular weight is 673 g/mol. The Bertz CT molecular complexity index is 2990. The molecule has 10 aromatic carbocycles. The van der Waals surface area contributed by atoms with Crippen LogP contribution in [0.1, 0.15) is 5.56 Å². The van der Waals surface area contributed by atoms with Gasteiger partial charge in [0.1, 0.15) is 0 Å². The van der Waals surface area contributed by atoms with Crippen molar-refractivity contribution in [3.05, 3.63) is 206 Å². The normalized spacial score (nSPS) is 11.5. The van der Waals surface area contributed by atoms with Crippen LogP contribution in [-0.2, 0) is 0 Å². The van der Waals surface area contributed by atoms with E-state index in [9.17, 15) is 0 Å². The van der Waals surface area contributed by atoms with Gasteiger partial charge in [-0.3, -0.25) is 0 Å². The van der Waals surface area contributed by atoms with Crippen LogP contribution in [0.3, 0.4) is 0 Å². The highest BCUT2D eigenvalue weighted by molar-refractivity contribution is 6.24. The molecule has 0 spiro atoms. The highest BCUT2D eigenvalue weighted by atomic mass is 14.2. The summed E-state index contributed by atoms with van der Waals surface area (Å²) < 4.78 is 0. The predicted octanol–water partition coefficient (Wildman–Crippen LogP) is 14.9. The third kappa shape index (κ3) is 5.22. The van der Waals surface area contributed by atoms with Gasteiger partial charge in [-0.25, -0.2) is 0 Å². The zero-order chi connectivity index (χ0) is 35.3. The summed E-state index contributed by atoms with van der Waals surface area (Å²) in [4.78, 5) is 0. The van der Waals surface area contributed by atoms with Gasteiger partial charge in [0.05, 0.1) is 0 Å². The first kappa shape index (κ1) is 31.0. The lowest BCUT2D eigenvalue weighted by Crippen LogP contribution is -1.95. The maximum absolute atomic E-state index is 2.45. The van der Waals surface area contributed by atoms with Crippen molar-refractivity contribution in [1.29, 1.82) is 0 Å². The molecular formula is C53H36. The lowest BCUT2D eigenvalue weighted by atomic mass is 9.81. The molecule has 0 aromatic heterocycles. The van der Waals surface area contributed by atoms with E-state index in [1.165, 1.54) is 104 Å². The van der Waals surface area contributed by atoms with E-state index in [0.717, 1.165) is 0 Å². The van der Waals surface area contributed by atoms with Gasteiger partial charge < -0.3 is 0 Å². The minimum absolute atomic E-state index is 1.21. The summed E-state index contributed by atoms with van der Waals surface area (Å²) in [5, 5.41) is 10.0. The van der Waals surface area contributed by atoms with Gasteiger partial charge in [0, 0.05) is 0 Å². The lowest BCUT2D eigenvalue weighted by Gasteiger charge is -2.22. The van der Waals surface area contributed by atoms with E-state index in [4.69, 9.17) is 0 Å². The van der Waals surface area contributed by atoms with E-state index in [0.29, 0.717) is 0 Å². The molecule has 0 amide bonds. The molecular weight excluding hydrogens is 637 g/mol. The van der Waals surface area contributed by atoms with Crippen LogP contribution in [0.2, 0.25) is 0 Å². The quantitative estimate of drug-likeness (QED) is 0.160. The molecule has 53 heavy (non-hydrogen) atoms. The van der Waals surface area contributed by atoms with E-state index in [1.54, 1.807) is 0 Å². The summed E-state index contributed by atoms with van der Waals surface area (Å²) in [7, 11) is 0. The van der Waals surface area contributed by atoms with E-state index in [1.807, 2.05) is 0 Å². The Morgan fingerprint density at radius 3 is 1.26 bits per heavy atom. The number of hydrogen-bond acceptors (Lipinski definition) is 0. The van der Waals surface area contributed by atoms with Gasteiger partial charge in [0.25, 0.3) is 0 Å². The van der Waals surface area contributed by atoms with Gasteiger partial charge in [-0.05, 0) is 123 Å². The second kappa shape index (κ2) is 12.8. The molecule has 0 aliphatic rings. The summed E-state index contributed by atoms with van der Waals surface area (Å²) in [6, 6.07) is 73.7. The molecule has 0 radical (unpaired) electrons. The fourth-order valence-electron chi connectivity index (χ4n) is 8.52. The highest BCUT2D eigenvalue weighted by Crippen LogP contribution is 2.49. The molecule has 0 bridgehead atoms. The number of hydrogen-bond donors (Lipinski definition) is 0. The van der Waals surface area contributed by atoms with Crippen molar-refractivity contribution in [3.8, 4) is 55.6 Å². The summed E-state index contributed by atoms with van der Waals surface area (Å²) in [6.45, 7) is 2.24. The van der Waals surface area contributed by atoms with Crippen LogP contribution in [0.5, 0.6) is 0 Å². The molecule has 0 aliphatic carbocycles. The number of rotatable bonds is 5. The van der Waals surface area contributed by atoms with Crippen molar-refractivity contribution in [3.63, 3.8) is 0 Å². The molecule has 0 heteroatoms. The van der Waals surface area contributed by atoms with E-state index < -0.39 is 0 Å². The van der Waals surface area contributed by atoms with E-state index >= 15 is 0 Å². The minimum Gasteiger partial charge on any atom is -0.0622 e. The SMILES string of the molecule is Cc1ccccc1-c1c2cc(-c3cccc4ccccc34)ccc2c(-c2ccccc2-c2ccccc2)c2cc(-c3cccc4ccccc34)ccc12. The molecule has 0 N–H and O–H groups in total. The van der Waals surface area contributed by atoms with E-state index in [-0.39, 0.29) is 0 Å². The van der Waals surface area contributed by atoms with Crippen molar-refractivity contribution in [2.45, 2.75) is 6.92 Å². The molecule has 0 aliphatic heterocycles. The number of benzene rings is 10. The Hall–Kier alpha value is -6.76. The zero-order valence-corrected chi connectivity index (χ0v) is 29.6. The molecule has 0 saturated carbocycles. The van der Waals surface area contributed by atoms with Gasteiger partial charge >= 0.3 is 0 Å². The molecule has 0 unspecified atom stereocenters. The van der Waals surface area contributed by atoms with Gasteiger partial charge in [-0.15, -0.1) is 0 Å². The molecule has 0 saturated heterocycles. The zero-order valence-electron chi connectivity index (χ0n) is 29.6. The maximum Gasteiger partial charge on any atom is -0.00199 e. The molecule has 10 aromatic rings. The standard InChI is InChI=1S/C53H36/c1-35-15-5-8-22-41(35)52-48-31-29-40(46-28-14-21-38-19-7-10-24-43(38)46)34-51(48)53(47-26-12-11-25-44(47)36-16-3-2-4-17-36)49-32-30-39(33-50(49)52)45-27-13-20-37-18-6-9-23-42(37)45/h2-34H,1H3. The Labute approximate surface area is 310 Å². The number of aryl methyl sites for hydroxylation is 1. The van der Waals surface area contributed by atoms with Crippen LogP contribution in [0, 0.1) is 6.92 Å². The molecule has 248 valence electrons. The van der Waals surface area contributed by atoms with Crippen molar-refractivity contribution < 1.29 is 0 Å². The first-order valence-corrected chi connectivity index (χ1v) is 18.4. The second-order valence-electron chi connectivity index (χ2n) is 14.1. The van der Waals surface area contributed by atoms with Crippen LogP contribution in [0.25, 0.3) is 98.7 Å². The highest BCUT2D eigenvalue weighted by Gasteiger charge is 2.21. The molecule has 10 rings (SSSR count). The summed E-state index contributed by atoms with van der Waals surface area (Å²) in [5.41, 5.74) is 13.7. The van der Waals surface area contributed by atoms with E-state index in [2.05, 4.69) is 207 Å². The second-order valence-corrected chi connectivity index (χ2v) is 14.1. The summed E-state index contributed by atoms with van der Waals surface area (Å²) in [5.74, 6) is 0. The van der Waals surface area contributed by atoms with Crippen molar-refractivity contribution in [2.75, 3.05) is 0 Å². The maximum atomic E-state index is 2.45. The van der Waals surface area contributed by atoms with Crippen LogP contribution >= 0.6 is 0 Å². The summed E-state index contributed by atoms with van der Waals surface area (Å²) >= 11 is 0. The topological polar surface area (TPSA) is 0 Å². The lowest BCUT2D eigenvalue weighted by molar-refractivity contribution is 1.47. The van der Waals surface area contributed by atoms with Crippen LogP contribution in [0.15, 0.2) is 200 Å². The minimum atomic E-state index is 1.21. The fourth-order valence-corrected chi connectivity index (χ4v) is 8.52. The van der Waals surface area contributed by atoms with Gasteiger partial charge in [0.2, 0.25) is 0 Å². The van der Waals surface area contributed by atoms with Crippen molar-refractivity contribution in [1.82, 2.24) is 0 Å². The van der Waals surface area contributed by atoms with Gasteiger partial charge in [-0.1, -0.05) is 188 Å². The van der Waals surface area contributed by atoms with Gasteiger partial charge in [-0.2, -0.15) is 0 Å². The third-order valence-electron chi connectivity index (χ3n) is 11.0. The number of fused-ring (bicyclic) bond motifs is 4. The Morgan fingerprint density at radius 2 is 0.679 bits per heavy atom. The largest absolute Gasteiger partial charge is 0.0622 e. The van der Waals surface area contributed by atoms with Crippen molar-refractivity contribution in [2.24, 2.45) is 0 Å². The fraction of sp³-hybridized carbons (Fsp3) is 0.0189.